The normalized spacial score (nSPS) is 15.9. The molecule has 1 saturated heterocycles. The van der Waals surface area contributed by atoms with Gasteiger partial charge in [-0.25, -0.2) is 9.59 Å². The second kappa shape index (κ2) is 17.2. The zero-order valence-corrected chi connectivity index (χ0v) is 25.4. The minimum atomic E-state index is -0.636. The maximum Gasteiger partial charge on any atom is 0.509 e. The maximum atomic E-state index is 12.7. The number of rotatable bonds is 18. The van der Waals surface area contributed by atoms with E-state index in [9.17, 15) is 9.59 Å². The van der Waals surface area contributed by atoms with Crippen LogP contribution in [0.5, 0.6) is 17.2 Å². The highest BCUT2D eigenvalue weighted by Gasteiger charge is 2.36. The average Bonchev–Trinajstić information content (AvgIpc) is 3.39. The lowest BCUT2D eigenvalue weighted by atomic mass is 10.1. The molecule has 4 rings (SSSR count). The molecule has 0 saturated carbocycles. The largest absolute Gasteiger partial charge is 0.509 e. The molecule has 0 unspecified atom stereocenters. The lowest BCUT2D eigenvalue weighted by molar-refractivity contribution is 0.0734. The minimum Gasteiger partial charge on any atom is -0.494 e. The van der Waals surface area contributed by atoms with E-state index in [1.54, 1.807) is 24.3 Å². The van der Waals surface area contributed by atoms with E-state index >= 15 is 0 Å². The second-order valence-corrected chi connectivity index (χ2v) is 10.9. The standard InChI is InChI=1S/C36H44O7/c1-3-5-6-7-8-9-10-11-25-39-30-21-17-29(18-22-30)35(37)41-32-23-15-28(16-24-32)27-13-19-31(20-14-27)40-26-34-33(12-4-2)42-36(38)43-34/h13-24,33-34H,3-12,25-26H2,1-2H3/t33-,34-/m1/s1. The van der Waals surface area contributed by atoms with Crippen LogP contribution >= 0.6 is 0 Å². The van der Waals surface area contributed by atoms with Gasteiger partial charge in [-0.05, 0) is 72.5 Å². The molecule has 1 fully saturated rings. The summed E-state index contributed by atoms with van der Waals surface area (Å²) in [5, 5.41) is 0. The summed E-state index contributed by atoms with van der Waals surface area (Å²) in [6, 6.07) is 22.1. The van der Waals surface area contributed by atoms with Gasteiger partial charge in [0.05, 0.1) is 12.2 Å². The molecule has 0 aromatic heterocycles. The van der Waals surface area contributed by atoms with Crippen LogP contribution in [0.4, 0.5) is 4.79 Å². The molecule has 230 valence electrons. The van der Waals surface area contributed by atoms with Gasteiger partial charge in [-0.15, -0.1) is 0 Å². The second-order valence-electron chi connectivity index (χ2n) is 10.9. The molecule has 3 aromatic carbocycles. The number of carbonyl (C=O) groups excluding carboxylic acids is 2. The molecular formula is C36H44O7. The van der Waals surface area contributed by atoms with Crippen molar-refractivity contribution in [2.24, 2.45) is 0 Å². The first-order valence-corrected chi connectivity index (χ1v) is 15.7. The van der Waals surface area contributed by atoms with E-state index in [2.05, 4.69) is 6.92 Å². The van der Waals surface area contributed by atoms with E-state index in [-0.39, 0.29) is 12.7 Å². The third-order valence-corrected chi connectivity index (χ3v) is 7.51. The molecule has 43 heavy (non-hydrogen) atoms. The molecule has 1 aliphatic heterocycles. The Balaban J connectivity index is 1.18. The van der Waals surface area contributed by atoms with E-state index in [4.69, 9.17) is 23.7 Å². The highest BCUT2D eigenvalue weighted by Crippen LogP contribution is 2.26. The van der Waals surface area contributed by atoms with E-state index in [1.807, 2.05) is 55.5 Å². The Morgan fingerprint density at radius 3 is 1.79 bits per heavy atom. The number of esters is 1. The molecule has 0 N–H and O–H groups in total. The SMILES string of the molecule is CCCCCCCCCCOc1ccc(C(=O)Oc2ccc(-c3ccc(OC[C@H]4OC(=O)O[C@@H]4CCC)cc3)cc2)cc1. The third-order valence-electron chi connectivity index (χ3n) is 7.51. The first-order chi connectivity index (χ1) is 21.1. The van der Waals surface area contributed by atoms with E-state index < -0.39 is 18.2 Å². The molecule has 7 heteroatoms. The van der Waals surface area contributed by atoms with Crippen molar-refractivity contribution in [2.45, 2.75) is 90.3 Å². The van der Waals surface area contributed by atoms with Crippen LogP contribution in [0.1, 0.15) is 88.4 Å². The number of cyclic esters (lactones) is 2. The summed E-state index contributed by atoms with van der Waals surface area (Å²) >= 11 is 0. The number of hydrogen-bond donors (Lipinski definition) is 0. The van der Waals surface area contributed by atoms with Crippen LogP contribution in [0.15, 0.2) is 72.8 Å². The van der Waals surface area contributed by atoms with Gasteiger partial charge in [0.2, 0.25) is 0 Å². The van der Waals surface area contributed by atoms with Crippen LogP contribution in [-0.4, -0.2) is 37.5 Å². The summed E-state index contributed by atoms with van der Waals surface area (Å²) in [7, 11) is 0. The van der Waals surface area contributed by atoms with Gasteiger partial charge in [-0.1, -0.05) is 89.5 Å². The summed E-state index contributed by atoms with van der Waals surface area (Å²) in [6.45, 7) is 5.20. The summed E-state index contributed by atoms with van der Waals surface area (Å²) in [6.07, 6.45) is 10.4. The quantitative estimate of drug-likeness (QED) is 0.0832. The summed E-state index contributed by atoms with van der Waals surface area (Å²) in [4.78, 5) is 24.1. The Hall–Kier alpha value is -4.00. The number of benzene rings is 3. The van der Waals surface area contributed by atoms with Gasteiger partial charge < -0.3 is 23.7 Å². The van der Waals surface area contributed by atoms with Gasteiger partial charge in [-0.2, -0.15) is 0 Å². The maximum absolute atomic E-state index is 12.7. The Kier molecular flexibility index (Phi) is 12.8. The van der Waals surface area contributed by atoms with Gasteiger partial charge in [0.1, 0.15) is 30.0 Å². The fourth-order valence-electron chi connectivity index (χ4n) is 5.01. The van der Waals surface area contributed by atoms with Crippen LogP contribution < -0.4 is 14.2 Å². The highest BCUT2D eigenvalue weighted by molar-refractivity contribution is 5.91. The zero-order chi connectivity index (χ0) is 30.3. The van der Waals surface area contributed by atoms with Crippen LogP contribution in [0.25, 0.3) is 11.1 Å². The summed E-state index contributed by atoms with van der Waals surface area (Å²) in [5.41, 5.74) is 2.44. The average molecular weight is 589 g/mol. The van der Waals surface area contributed by atoms with Gasteiger partial charge in [-0.3, -0.25) is 0 Å². The molecular weight excluding hydrogens is 544 g/mol. The zero-order valence-electron chi connectivity index (χ0n) is 25.4. The molecule has 2 atom stereocenters. The predicted molar refractivity (Wildman–Crippen MR) is 167 cm³/mol. The molecule has 3 aromatic rings. The number of hydrogen-bond acceptors (Lipinski definition) is 7. The van der Waals surface area contributed by atoms with Crippen molar-refractivity contribution in [3.05, 3.63) is 78.4 Å². The van der Waals surface area contributed by atoms with Crippen LogP contribution in [0.3, 0.4) is 0 Å². The molecule has 7 nitrogen and oxygen atoms in total. The lowest BCUT2D eigenvalue weighted by Gasteiger charge is -2.15. The topological polar surface area (TPSA) is 80.3 Å². The number of carbonyl (C=O) groups is 2. The van der Waals surface area contributed by atoms with Crippen molar-refractivity contribution in [1.82, 2.24) is 0 Å². The molecule has 0 spiro atoms. The van der Waals surface area contributed by atoms with Gasteiger partial charge in [0, 0.05) is 0 Å². The van der Waals surface area contributed by atoms with E-state index in [0.717, 1.165) is 36.1 Å². The van der Waals surface area contributed by atoms with Crippen molar-refractivity contribution in [3.8, 4) is 28.4 Å². The smallest absolute Gasteiger partial charge is 0.494 e. The van der Waals surface area contributed by atoms with Crippen molar-refractivity contribution < 1.29 is 33.3 Å². The molecule has 1 aliphatic rings. The Morgan fingerprint density at radius 1 is 0.628 bits per heavy atom. The van der Waals surface area contributed by atoms with Crippen molar-refractivity contribution in [1.29, 1.82) is 0 Å². The van der Waals surface area contributed by atoms with Gasteiger partial charge >= 0.3 is 12.1 Å². The Bertz CT molecular complexity index is 1250. The van der Waals surface area contributed by atoms with Crippen LogP contribution in [-0.2, 0) is 9.47 Å². The van der Waals surface area contributed by atoms with E-state index in [1.165, 1.54) is 44.9 Å². The monoisotopic (exact) mass is 588 g/mol. The molecule has 0 radical (unpaired) electrons. The third kappa shape index (κ3) is 10.3. The Labute approximate surface area is 255 Å². The van der Waals surface area contributed by atoms with Crippen molar-refractivity contribution in [3.63, 3.8) is 0 Å². The van der Waals surface area contributed by atoms with Crippen molar-refractivity contribution in [2.75, 3.05) is 13.2 Å². The Morgan fingerprint density at radius 2 is 1.16 bits per heavy atom. The first-order valence-electron chi connectivity index (χ1n) is 15.7. The van der Waals surface area contributed by atoms with Gasteiger partial charge in [0.25, 0.3) is 0 Å². The predicted octanol–water partition coefficient (Wildman–Crippen LogP) is 9.18. The molecule has 0 amide bonds. The van der Waals surface area contributed by atoms with Crippen LogP contribution in [0.2, 0.25) is 0 Å². The van der Waals surface area contributed by atoms with Crippen LogP contribution in [0, 0.1) is 0 Å². The fraction of sp³-hybridized carbons (Fsp3) is 0.444. The summed E-state index contributed by atoms with van der Waals surface area (Å²) in [5.74, 6) is 1.50. The highest BCUT2D eigenvalue weighted by atomic mass is 16.8. The van der Waals surface area contributed by atoms with Gasteiger partial charge in [0.15, 0.2) is 6.10 Å². The first kappa shape index (κ1) is 31.9. The number of ether oxygens (including phenoxy) is 5. The fourth-order valence-corrected chi connectivity index (χ4v) is 5.01. The van der Waals surface area contributed by atoms with Crippen molar-refractivity contribution >= 4 is 12.1 Å². The van der Waals surface area contributed by atoms with E-state index in [0.29, 0.717) is 23.7 Å². The minimum absolute atomic E-state index is 0.241. The molecule has 0 aliphatic carbocycles. The number of unbranched alkanes of at least 4 members (excludes halogenated alkanes) is 7. The molecule has 1 heterocycles. The summed E-state index contributed by atoms with van der Waals surface area (Å²) < 4.78 is 27.7. The molecule has 0 bridgehead atoms. The lowest BCUT2D eigenvalue weighted by Crippen LogP contribution is -2.28.